The lowest BCUT2D eigenvalue weighted by molar-refractivity contribution is -0.144. The summed E-state index contributed by atoms with van der Waals surface area (Å²) in [6, 6.07) is 0.0907. The van der Waals surface area contributed by atoms with E-state index in [-0.39, 0.29) is 17.9 Å². The van der Waals surface area contributed by atoms with Gasteiger partial charge in [0, 0.05) is 19.1 Å². The van der Waals surface area contributed by atoms with E-state index in [1.165, 1.54) is 0 Å². The quantitative estimate of drug-likeness (QED) is 0.706. The Morgan fingerprint density at radius 1 is 1.12 bits per heavy atom. The van der Waals surface area contributed by atoms with E-state index in [1.54, 1.807) is 0 Å². The molecule has 3 fully saturated rings. The standard InChI is InChI=1S/C12H20N2O2/c13-11-3-1-2-10(11)12(15)14-6-8-4-5-9(7-14)16-8/h8-11H,1-7,13H2. The molecule has 4 nitrogen and oxygen atoms in total. The number of carbonyl (C=O) groups is 1. The van der Waals surface area contributed by atoms with E-state index in [4.69, 9.17) is 10.5 Å². The number of fused-ring (bicyclic) bond motifs is 2. The van der Waals surface area contributed by atoms with Crippen molar-refractivity contribution in [3.05, 3.63) is 0 Å². The highest BCUT2D eigenvalue weighted by atomic mass is 16.5. The fraction of sp³-hybridized carbons (Fsp3) is 0.917. The number of amides is 1. The molecule has 1 saturated carbocycles. The van der Waals surface area contributed by atoms with E-state index in [1.807, 2.05) is 4.90 Å². The van der Waals surface area contributed by atoms with Gasteiger partial charge in [-0.3, -0.25) is 4.79 Å². The van der Waals surface area contributed by atoms with Crippen LogP contribution in [-0.2, 0) is 9.53 Å². The van der Waals surface area contributed by atoms with Crippen LogP contribution in [0.5, 0.6) is 0 Å². The Bertz CT molecular complexity index is 283. The number of hydrogen-bond acceptors (Lipinski definition) is 3. The maximum Gasteiger partial charge on any atom is 0.227 e. The number of morpholine rings is 1. The largest absolute Gasteiger partial charge is 0.371 e. The number of ether oxygens (including phenoxy) is 1. The molecular formula is C12H20N2O2. The third kappa shape index (κ3) is 1.74. The molecule has 4 unspecified atom stereocenters. The summed E-state index contributed by atoms with van der Waals surface area (Å²) in [5.74, 6) is 0.364. The van der Waals surface area contributed by atoms with Crippen molar-refractivity contribution in [1.29, 1.82) is 0 Å². The molecule has 0 radical (unpaired) electrons. The van der Waals surface area contributed by atoms with Gasteiger partial charge in [0.1, 0.15) is 0 Å². The second-order valence-corrected chi connectivity index (χ2v) is 5.40. The molecule has 4 atom stereocenters. The van der Waals surface area contributed by atoms with E-state index < -0.39 is 0 Å². The number of rotatable bonds is 1. The van der Waals surface area contributed by atoms with Gasteiger partial charge in [-0.15, -0.1) is 0 Å². The molecule has 4 heteroatoms. The average molecular weight is 224 g/mol. The van der Waals surface area contributed by atoms with Crippen LogP contribution in [0, 0.1) is 5.92 Å². The minimum Gasteiger partial charge on any atom is -0.371 e. The normalized spacial score (nSPS) is 42.7. The summed E-state index contributed by atoms with van der Waals surface area (Å²) in [6.07, 6.45) is 5.91. The summed E-state index contributed by atoms with van der Waals surface area (Å²) in [5, 5.41) is 0. The predicted octanol–water partition coefficient (Wildman–Crippen LogP) is 0.504. The first kappa shape index (κ1) is 10.5. The first-order valence-electron chi connectivity index (χ1n) is 6.44. The van der Waals surface area contributed by atoms with Crippen LogP contribution in [0.2, 0.25) is 0 Å². The van der Waals surface area contributed by atoms with Crippen molar-refractivity contribution in [3.8, 4) is 0 Å². The molecule has 16 heavy (non-hydrogen) atoms. The van der Waals surface area contributed by atoms with Gasteiger partial charge in [-0.05, 0) is 25.7 Å². The zero-order chi connectivity index (χ0) is 11.1. The molecule has 0 aromatic carbocycles. The van der Waals surface area contributed by atoms with E-state index in [9.17, 15) is 4.79 Å². The minimum absolute atomic E-state index is 0.0810. The van der Waals surface area contributed by atoms with E-state index in [2.05, 4.69) is 0 Å². The molecule has 90 valence electrons. The van der Waals surface area contributed by atoms with Gasteiger partial charge < -0.3 is 15.4 Å². The minimum atomic E-state index is 0.0810. The highest BCUT2D eigenvalue weighted by molar-refractivity contribution is 5.80. The van der Waals surface area contributed by atoms with Gasteiger partial charge in [-0.25, -0.2) is 0 Å². The molecule has 1 amide bonds. The van der Waals surface area contributed by atoms with Gasteiger partial charge in [-0.1, -0.05) is 6.42 Å². The van der Waals surface area contributed by atoms with Crippen molar-refractivity contribution in [2.24, 2.45) is 11.7 Å². The number of nitrogens with two attached hydrogens (primary N) is 1. The second kappa shape index (κ2) is 4.00. The molecule has 2 bridgehead atoms. The number of carbonyl (C=O) groups excluding carboxylic acids is 1. The molecule has 2 saturated heterocycles. The molecular weight excluding hydrogens is 204 g/mol. The Morgan fingerprint density at radius 2 is 1.81 bits per heavy atom. The maximum absolute atomic E-state index is 12.3. The smallest absolute Gasteiger partial charge is 0.227 e. The van der Waals surface area contributed by atoms with Crippen molar-refractivity contribution in [1.82, 2.24) is 4.90 Å². The molecule has 0 spiro atoms. The number of likely N-dealkylation sites (tertiary alicyclic amines) is 1. The molecule has 2 heterocycles. The van der Waals surface area contributed by atoms with Gasteiger partial charge in [0.05, 0.1) is 18.1 Å². The first-order valence-corrected chi connectivity index (χ1v) is 6.44. The Hall–Kier alpha value is -0.610. The lowest BCUT2D eigenvalue weighted by Crippen LogP contribution is -2.50. The van der Waals surface area contributed by atoms with Crippen LogP contribution in [0.15, 0.2) is 0 Å². The van der Waals surface area contributed by atoms with Crippen LogP contribution < -0.4 is 5.73 Å². The van der Waals surface area contributed by atoms with Crippen molar-refractivity contribution < 1.29 is 9.53 Å². The van der Waals surface area contributed by atoms with Gasteiger partial charge in [0.2, 0.25) is 5.91 Å². The summed E-state index contributed by atoms with van der Waals surface area (Å²) in [6.45, 7) is 1.58. The zero-order valence-corrected chi connectivity index (χ0v) is 9.60. The summed E-state index contributed by atoms with van der Waals surface area (Å²) in [4.78, 5) is 14.3. The first-order chi connectivity index (χ1) is 7.74. The highest BCUT2D eigenvalue weighted by Gasteiger charge is 2.40. The Morgan fingerprint density at radius 3 is 2.38 bits per heavy atom. The van der Waals surface area contributed by atoms with Crippen LogP contribution in [0.25, 0.3) is 0 Å². The maximum atomic E-state index is 12.3. The SMILES string of the molecule is NC1CCCC1C(=O)N1CC2CCC(C1)O2. The number of nitrogens with zero attached hydrogens (tertiary/aromatic N) is 1. The van der Waals surface area contributed by atoms with Gasteiger partial charge in [0.15, 0.2) is 0 Å². The molecule has 0 aromatic heterocycles. The van der Waals surface area contributed by atoms with Crippen LogP contribution in [0.4, 0.5) is 0 Å². The van der Waals surface area contributed by atoms with Crippen molar-refractivity contribution in [2.75, 3.05) is 13.1 Å². The average Bonchev–Trinajstić information content (AvgIpc) is 2.84. The Balaban J connectivity index is 1.66. The third-order valence-corrected chi connectivity index (χ3v) is 4.24. The topological polar surface area (TPSA) is 55.6 Å². The van der Waals surface area contributed by atoms with E-state index in [0.29, 0.717) is 12.2 Å². The second-order valence-electron chi connectivity index (χ2n) is 5.40. The summed E-state index contributed by atoms with van der Waals surface area (Å²) in [7, 11) is 0. The molecule has 3 rings (SSSR count). The molecule has 1 aliphatic carbocycles. The summed E-state index contributed by atoms with van der Waals surface area (Å²) < 4.78 is 5.74. The van der Waals surface area contributed by atoms with Crippen molar-refractivity contribution in [2.45, 2.75) is 50.4 Å². The summed E-state index contributed by atoms with van der Waals surface area (Å²) >= 11 is 0. The van der Waals surface area contributed by atoms with Crippen LogP contribution >= 0.6 is 0 Å². The highest BCUT2D eigenvalue weighted by Crippen LogP contribution is 2.30. The van der Waals surface area contributed by atoms with E-state index in [0.717, 1.165) is 45.2 Å². The van der Waals surface area contributed by atoms with Crippen LogP contribution in [0.1, 0.15) is 32.1 Å². The van der Waals surface area contributed by atoms with Crippen molar-refractivity contribution in [3.63, 3.8) is 0 Å². The monoisotopic (exact) mass is 224 g/mol. The predicted molar refractivity (Wildman–Crippen MR) is 59.8 cm³/mol. The molecule has 2 N–H and O–H groups in total. The molecule has 0 aromatic rings. The lowest BCUT2D eigenvalue weighted by Gasteiger charge is -2.34. The van der Waals surface area contributed by atoms with Gasteiger partial charge >= 0.3 is 0 Å². The Labute approximate surface area is 96.1 Å². The van der Waals surface area contributed by atoms with Gasteiger partial charge in [-0.2, -0.15) is 0 Å². The molecule has 2 aliphatic heterocycles. The fourth-order valence-electron chi connectivity index (χ4n) is 3.32. The number of hydrogen-bond donors (Lipinski definition) is 1. The molecule has 3 aliphatic rings. The lowest BCUT2D eigenvalue weighted by atomic mass is 10.0. The van der Waals surface area contributed by atoms with Gasteiger partial charge in [0.25, 0.3) is 0 Å². The van der Waals surface area contributed by atoms with Crippen molar-refractivity contribution >= 4 is 5.91 Å². The fourth-order valence-corrected chi connectivity index (χ4v) is 3.32. The van der Waals surface area contributed by atoms with E-state index >= 15 is 0 Å². The summed E-state index contributed by atoms with van der Waals surface area (Å²) in [5.41, 5.74) is 5.99. The third-order valence-electron chi connectivity index (χ3n) is 4.24. The van der Waals surface area contributed by atoms with Crippen LogP contribution in [0.3, 0.4) is 0 Å². The zero-order valence-electron chi connectivity index (χ0n) is 9.60. The van der Waals surface area contributed by atoms with Crippen LogP contribution in [-0.4, -0.2) is 42.1 Å². The Kier molecular flexibility index (Phi) is 2.64.